The minimum absolute atomic E-state index is 0.150. The van der Waals surface area contributed by atoms with Crippen LogP contribution >= 0.6 is 0 Å². The molecule has 0 bridgehead atoms. The molecule has 1 aromatic carbocycles. The highest BCUT2D eigenvalue weighted by atomic mass is 16.5. The molecular weight excluding hydrogens is 394 g/mol. The number of imide groups is 1. The second kappa shape index (κ2) is 9.01. The van der Waals surface area contributed by atoms with Crippen molar-refractivity contribution in [3.8, 4) is 5.75 Å². The zero-order valence-corrected chi connectivity index (χ0v) is 18.4. The smallest absolute Gasteiger partial charge is 0.251 e. The zero-order chi connectivity index (χ0) is 22.0. The van der Waals surface area contributed by atoms with Crippen molar-refractivity contribution in [2.24, 2.45) is 0 Å². The first-order valence-electron chi connectivity index (χ1n) is 10.9. The molecule has 4 rings (SSSR count). The summed E-state index contributed by atoms with van der Waals surface area (Å²) in [6.45, 7) is 9.46. The largest absolute Gasteiger partial charge is 0.494 e. The van der Waals surface area contributed by atoms with Crippen LogP contribution in [-0.4, -0.2) is 65.5 Å². The van der Waals surface area contributed by atoms with Crippen molar-refractivity contribution in [1.29, 1.82) is 0 Å². The molecule has 2 aliphatic heterocycles. The maximum Gasteiger partial charge on any atom is 0.251 e. The molecule has 2 saturated heterocycles. The summed E-state index contributed by atoms with van der Waals surface area (Å²) < 4.78 is 5.59. The van der Waals surface area contributed by atoms with Gasteiger partial charge in [0.25, 0.3) is 5.91 Å². The van der Waals surface area contributed by atoms with E-state index in [1.165, 1.54) is 4.90 Å². The molecule has 31 heavy (non-hydrogen) atoms. The van der Waals surface area contributed by atoms with E-state index < -0.39 is 6.04 Å². The Kier molecular flexibility index (Phi) is 6.18. The van der Waals surface area contributed by atoms with Crippen molar-refractivity contribution in [3.63, 3.8) is 0 Å². The summed E-state index contributed by atoms with van der Waals surface area (Å²) in [5.41, 5.74) is 2.50. The monoisotopic (exact) mass is 423 g/mol. The van der Waals surface area contributed by atoms with Gasteiger partial charge in [-0.2, -0.15) is 0 Å². The molecule has 0 radical (unpaired) electrons. The van der Waals surface area contributed by atoms with E-state index in [0.29, 0.717) is 25.4 Å². The van der Waals surface area contributed by atoms with E-state index in [2.05, 4.69) is 19.8 Å². The molecule has 2 aromatic rings. The van der Waals surface area contributed by atoms with Gasteiger partial charge in [-0.25, -0.2) is 14.9 Å². The van der Waals surface area contributed by atoms with Crippen LogP contribution in [0.1, 0.15) is 31.2 Å². The fourth-order valence-electron chi connectivity index (χ4n) is 4.17. The standard InChI is InChI=1S/C23H29N5O3/c1-4-13-31-19-7-5-18(6-8-19)28-21(29)15-20(22(28)30)26-9-11-27(12-10-26)23-24-16(2)14-17(3)25-23/h5-8,14,20H,4,9-13,15H2,1-3H3/t20-/m1/s1. The average molecular weight is 424 g/mol. The average Bonchev–Trinajstić information content (AvgIpc) is 3.06. The van der Waals surface area contributed by atoms with Crippen molar-refractivity contribution in [2.75, 3.05) is 42.6 Å². The number of hydrogen-bond acceptors (Lipinski definition) is 7. The van der Waals surface area contributed by atoms with Crippen molar-refractivity contribution < 1.29 is 14.3 Å². The van der Waals surface area contributed by atoms with Gasteiger partial charge in [0.2, 0.25) is 11.9 Å². The van der Waals surface area contributed by atoms with Crippen LogP contribution in [0, 0.1) is 13.8 Å². The maximum absolute atomic E-state index is 13.1. The van der Waals surface area contributed by atoms with Gasteiger partial charge >= 0.3 is 0 Å². The number of carbonyl (C=O) groups is 2. The molecule has 0 aliphatic carbocycles. The molecule has 0 N–H and O–H groups in total. The maximum atomic E-state index is 13.1. The first kappa shape index (κ1) is 21.2. The Bertz CT molecular complexity index is 934. The topological polar surface area (TPSA) is 78.9 Å². The van der Waals surface area contributed by atoms with Gasteiger partial charge in [0.05, 0.1) is 24.8 Å². The first-order valence-corrected chi connectivity index (χ1v) is 10.9. The zero-order valence-electron chi connectivity index (χ0n) is 18.4. The van der Waals surface area contributed by atoms with Crippen molar-refractivity contribution in [3.05, 3.63) is 41.7 Å². The van der Waals surface area contributed by atoms with Gasteiger partial charge in [-0.1, -0.05) is 6.92 Å². The van der Waals surface area contributed by atoms with Crippen LogP contribution in [0.5, 0.6) is 5.75 Å². The summed E-state index contributed by atoms with van der Waals surface area (Å²) in [5, 5.41) is 0. The number of hydrogen-bond donors (Lipinski definition) is 0. The minimum atomic E-state index is -0.411. The molecule has 0 spiro atoms. The van der Waals surface area contributed by atoms with Gasteiger partial charge in [-0.3, -0.25) is 14.5 Å². The Morgan fingerprint density at radius 3 is 2.26 bits per heavy atom. The van der Waals surface area contributed by atoms with E-state index in [-0.39, 0.29) is 18.2 Å². The van der Waals surface area contributed by atoms with Gasteiger partial charge in [0.15, 0.2) is 0 Å². The number of nitrogens with zero attached hydrogens (tertiary/aromatic N) is 5. The number of benzene rings is 1. The highest BCUT2D eigenvalue weighted by molar-refractivity contribution is 6.22. The van der Waals surface area contributed by atoms with Gasteiger partial charge in [0, 0.05) is 37.6 Å². The summed E-state index contributed by atoms with van der Waals surface area (Å²) in [5.74, 6) is 1.17. The molecule has 0 saturated carbocycles. The lowest BCUT2D eigenvalue weighted by Crippen LogP contribution is -2.53. The lowest BCUT2D eigenvalue weighted by Gasteiger charge is -2.37. The lowest BCUT2D eigenvalue weighted by atomic mass is 10.2. The highest BCUT2D eigenvalue weighted by Gasteiger charge is 2.43. The van der Waals surface area contributed by atoms with Crippen molar-refractivity contribution in [1.82, 2.24) is 14.9 Å². The van der Waals surface area contributed by atoms with Crippen LogP contribution < -0.4 is 14.5 Å². The molecule has 8 nitrogen and oxygen atoms in total. The second-order valence-corrected chi connectivity index (χ2v) is 8.10. The van der Waals surface area contributed by atoms with Crippen LogP contribution in [-0.2, 0) is 9.59 Å². The number of aromatic nitrogens is 2. The van der Waals surface area contributed by atoms with Gasteiger partial charge in [0.1, 0.15) is 5.75 Å². The third-order valence-corrected chi connectivity index (χ3v) is 5.70. The number of carbonyl (C=O) groups excluding carboxylic acids is 2. The predicted molar refractivity (Wildman–Crippen MR) is 118 cm³/mol. The SMILES string of the molecule is CCCOc1ccc(N2C(=O)C[C@@H](N3CCN(c4nc(C)cc(C)n4)CC3)C2=O)cc1. The first-order chi connectivity index (χ1) is 15.0. The molecule has 2 amide bonds. The molecule has 164 valence electrons. The number of anilines is 2. The molecule has 3 heterocycles. The van der Waals surface area contributed by atoms with Gasteiger partial charge in [-0.05, 0) is 50.6 Å². The summed E-state index contributed by atoms with van der Waals surface area (Å²) >= 11 is 0. The fourth-order valence-corrected chi connectivity index (χ4v) is 4.17. The van der Waals surface area contributed by atoms with Crippen LogP contribution in [0.25, 0.3) is 0 Å². The Hall–Kier alpha value is -3.00. The van der Waals surface area contributed by atoms with Crippen LogP contribution in [0.4, 0.5) is 11.6 Å². The number of amides is 2. The molecule has 1 aromatic heterocycles. The Labute approximate surface area is 182 Å². The summed E-state index contributed by atoms with van der Waals surface area (Å²) in [6, 6.07) is 8.71. The fraction of sp³-hybridized carbons (Fsp3) is 0.478. The Morgan fingerprint density at radius 2 is 1.65 bits per heavy atom. The van der Waals surface area contributed by atoms with E-state index in [4.69, 9.17) is 4.74 Å². The predicted octanol–water partition coefficient (Wildman–Crippen LogP) is 2.34. The second-order valence-electron chi connectivity index (χ2n) is 8.10. The molecular formula is C23H29N5O3. The normalized spacial score (nSPS) is 19.9. The third-order valence-electron chi connectivity index (χ3n) is 5.70. The van der Waals surface area contributed by atoms with E-state index in [1.54, 1.807) is 12.1 Å². The number of aryl methyl sites for hydroxylation is 2. The van der Waals surface area contributed by atoms with E-state index in [1.807, 2.05) is 39.0 Å². The number of ether oxygens (including phenoxy) is 1. The Morgan fingerprint density at radius 1 is 1.00 bits per heavy atom. The van der Waals surface area contributed by atoms with Crippen LogP contribution in [0.3, 0.4) is 0 Å². The molecule has 8 heteroatoms. The van der Waals surface area contributed by atoms with E-state index in [0.717, 1.165) is 42.6 Å². The molecule has 0 unspecified atom stereocenters. The van der Waals surface area contributed by atoms with Crippen LogP contribution in [0.2, 0.25) is 0 Å². The van der Waals surface area contributed by atoms with E-state index >= 15 is 0 Å². The number of piperazine rings is 1. The van der Waals surface area contributed by atoms with Gasteiger partial charge < -0.3 is 9.64 Å². The quantitative estimate of drug-likeness (QED) is 0.660. The summed E-state index contributed by atoms with van der Waals surface area (Å²) in [4.78, 5) is 40.4. The van der Waals surface area contributed by atoms with Crippen LogP contribution in [0.15, 0.2) is 30.3 Å². The lowest BCUT2D eigenvalue weighted by molar-refractivity contribution is -0.123. The minimum Gasteiger partial charge on any atom is -0.494 e. The Balaban J connectivity index is 1.40. The molecule has 1 atom stereocenters. The molecule has 2 aliphatic rings. The summed E-state index contributed by atoms with van der Waals surface area (Å²) in [6.07, 6.45) is 1.14. The number of rotatable bonds is 6. The van der Waals surface area contributed by atoms with Crippen molar-refractivity contribution in [2.45, 2.75) is 39.7 Å². The molecule has 2 fully saturated rings. The van der Waals surface area contributed by atoms with Gasteiger partial charge in [-0.15, -0.1) is 0 Å². The highest BCUT2D eigenvalue weighted by Crippen LogP contribution is 2.28. The summed E-state index contributed by atoms with van der Waals surface area (Å²) in [7, 11) is 0. The third kappa shape index (κ3) is 4.54. The van der Waals surface area contributed by atoms with Crippen molar-refractivity contribution >= 4 is 23.5 Å². The van der Waals surface area contributed by atoms with E-state index in [9.17, 15) is 9.59 Å².